The topological polar surface area (TPSA) is 47.3 Å². The fourth-order valence-corrected chi connectivity index (χ4v) is 2.90. The SMILES string of the molecule is CC(C)Cc1nccc2c1ccn1c(C(C)C)cc(=O)nc21. The zero-order valence-electron chi connectivity index (χ0n) is 13.5. The second kappa shape index (κ2) is 5.52. The summed E-state index contributed by atoms with van der Waals surface area (Å²) >= 11 is 0. The molecule has 4 nitrogen and oxygen atoms in total. The van der Waals surface area contributed by atoms with Crippen molar-refractivity contribution in [1.29, 1.82) is 0 Å². The minimum Gasteiger partial charge on any atom is -0.305 e. The van der Waals surface area contributed by atoms with Crippen LogP contribution in [0.5, 0.6) is 0 Å². The molecule has 0 aliphatic carbocycles. The molecule has 0 aliphatic rings. The van der Waals surface area contributed by atoms with Crippen molar-refractivity contribution in [1.82, 2.24) is 14.4 Å². The van der Waals surface area contributed by atoms with Gasteiger partial charge in [0.05, 0.1) is 0 Å². The maximum Gasteiger partial charge on any atom is 0.273 e. The second-order valence-corrected chi connectivity index (χ2v) is 6.50. The summed E-state index contributed by atoms with van der Waals surface area (Å²) in [6.45, 7) is 8.53. The Labute approximate surface area is 129 Å². The largest absolute Gasteiger partial charge is 0.305 e. The maximum absolute atomic E-state index is 12.0. The maximum atomic E-state index is 12.0. The van der Waals surface area contributed by atoms with Crippen LogP contribution in [-0.2, 0) is 6.42 Å². The Balaban J connectivity index is 2.39. The molecule has 3 rings (SSSR count). The molecule has 0 saturated carbocycles. The molecule has 0 spiro atoms. The van der Waals surface area contributed by atoms with Crippen LogP contribution in [0.15, 0.2) is 35.4 Å². The molecule has 0 fully saturated rings. The number of aromatic nitrogens is 3. The third kappa shape index (κ3) is 2.49. The van der Waals surface area contributed by atoms with Crippen LogP contribution in [0.2, 0.25) is 0 Å². The molecule has 0 atom stereocenters. The summed E-state index contributed by atoms with van der Waals surface area (Å²) in [5.74, 6) is 0.795. The van der Waals surface area contributed by atoms with E-state index in [0.29, 0.717) is 5.92 Å². The van der Waals surface area contributed by atoms with Gasteiger partial charge in [0, 0.05) is 40.6 Å². The standard InChI is InChI=1S/C18H21N3O/c1-11(2)9-15-13-6-8-21-16(12(3)4)10-17(22)20-18(21)14(13)5-7-19-15/h5-8,10-12H,9H2,1-4H3. The molecule has 0 saturated heterocycles. The van der Waals surface area contributed by atoms with Crippen molar-refractivity contribution in [2.24, 2.45) is 5.92 Å². The molecule has 3 heterocycles. The van der Waals surface area contributed by atoms with Crippen LogP contribution in [0, 0.1) is 5.92 Å². The summed E-state index contributed by atoms with van der Waals surface area (Å²) in [6, 6.07) is 5.66. The number of fused-ring (bicyclic) bond motifs is 3. The first-order valence-electron chi connectivity index (χ1n) is 7.77. The number of rotatable bonds is 3. The van der Waals surface area contributed by atoms with E-state index in [-0.39, 0.29) is 11.5 Å². The van der Waals surface area contributed by atoms with Gasteiger partial charge in [-0.05, 0) is 30.4 Å². The van der Waals surface area contributed by atoms with Gasteiger partial charge in [-0.2, -0.15) is 4.98 Å². The van der Waals surface area contributed by atoms with Crippen molar-refractivity contribution < 1.29 is 0 Å². The predicted molar refractivity (Wildman–Crippen MR) is 89.4 cm³/mol. The Kier molecular flexibility index (Phi) is 3.69. The molecule has 0 aliphatic heterocycles. The second-order valence-electron chi connectivity index (χ2n) is 6.50. The molecule has 22 heavy (non-hydrogen) atoms. The lowest BCUT2D eigenvalue weighted by Crippen LogP contribution is -2.13. The van der Waals surface area contributed by atoms with Crippen LogP contribution in [0.25, 0.3) is 16.4 Å². The lowest BCUT2D eigenvalue weighted by atomic mass is 10.0. The van der Waals surface area contributed by atoms with Gasteiger partial charge in [-0.1, -0.05) is 27.7 Å². The number of hydrogen-bond acceptors (Lipinski definition) is 3. The van der Waals surface area contributed by atoms with Gasteiger partial charge in [0.15, 0.2) is 0 Å². The molecule has 0 bridgehead atoms. The van der Waals surface area contributed by atoms with Gasteiger partial charge in [0.1, 0.15) is 5.65 Å². The van der Waals surface area contributed by atoms with Crippen molar-refractivity contribution >= 4 is 16.4 Å². The monoisotopic (exact) mass is 295 g/mol. The molecule has 0 aromatic carbocycles. The Morgan fingerprint density at radius 3 is 2.59 bits per heavy atom. The Morgan fingerprint density at radius 2 is 1.91 bits per heavy atom. The number of nitrogens with zero attached hydrogens (tertiary/aromatic N) is 3. The molecular formula is C18H21N3O. The Bertz CT molecular complexity index is 894. The van der Waals surface area contributed by atoms with Gasteiger partial charge in [0.2, 0.25) is 0 Å². The molecule has 0 radical (unpaired) electrons. The Morgan fingerprint density at radius 1 is 1.14 bits per heavy atom. The quantitative estimate of drug-likeness (QED) is 0.694. The molecular weight excluding hydrogens is 274 g/mol. The summed E-state index contributed by atoms with van der Waals surface area (Å²) in [4.78, 5) is 20.7. The van der Waals surface area contributed by atoms with Gasteiger partial charge < -0.3 is 4.40 Å². The van der Waals surface area contributed by atoms with Gasteiger partial charge in [-0.3, -0.25) is 9.78 Å². The van der Waals surface area contributed by atoms with Crippen molar-refractivity contribution in [2.75, 3.05) is 0 Å². The van der Waals surface area contributed by atoms with E-state index >= 15 is 0 Å². The third-order valence-corrected chi connectivity index (χ3v) is 3.89. The minimum atomic E-state index is -0.182. The summed E-state index contributed by atoms with van der Waals surface area (Å²) in [7, 11) is 0. The highest BCUT2D eigenvalue weighted by Gasteiger charge is 2.12. The normalized spacial score (nSPS) is 11.9. The summed E-state index contributed by atoms with van der Waals surface area (Å²) in [5.41, 5.74) is 2.60. The number of hydrogen-bond donors (Lipinski definition) is 0. The highest BCUT2D eigenvalue weighted by Crippen LogP contribution is 2.24. The predicted octanol–water partition coefficient (Wildman–Crippen LogP) is 3.56. The van der Waals surface area contributed by atoms with E-state index in [1.54, 1.807) is 6.07 Å². The fraction of sp³-hybridized carbons (Fsp3) is 0.389. The van der Waals surface area contributed by atoms with E-state index in [9.17, 15) is 4.79 Å². The Hall–Kier alpha value is -2.23. The van der Waals surface area contributed by atoms with Gasteiger partial charge in [0.25, 0.3) is 5.56 Å². The van der Waals surface area contributed by atoms with E-state index in [0.717, 1.165) is 34.2 Å². The van der Waals surface area contributed by atoms with E-state index in [4.69, 9.17) is 0 Å². The average Bonchev–Trinajstić information content (AvgIpc) is 2.45. The van der Waals surface area contributed by atoms with Crippen molar-refractivity contribution in [2.45, 2.75) is 40.0 Å². The zero-order valence-corrected chi connectivity index (χ0v) is 13.5. The smallest absolute Gasteiger partial charge is 0.273 e. The van der Waals surface area contributed by atoms with Crippen molar-refractivity contribution in [3.63, 3.8) is 0 Å². The first-order chi connectivity index (χ1) is 10.5. The van der Waals surface area contributed by atoms with Crippen LogP contribution < -0.4 is 5.56 Å². The molecule has 3 aromatic rings. The summed E-state index contributed by atoms with van der Waals surface area (Å²) in [5, 5.41) is 2.08. The van der Waals surface area contributed by atoms with Crippen LogP contribution in [0.1, 0.15) is 45.0 Å². The van der Waals surface area contributed by atoms with Crippen molar-refractivity contribution in [3.8, 4) is 0 Å². The van der Waals surface area contributed by atoms with Gasteiger partial charge in [-0.15, -0.1) is 0 Å². The molecule has 4 heteroatoms. The average molecular weight is 295 g/mol. The van der Waals surface area contributed by atoms with Crippen LogP contribution in [0.4, 0.5) is 0 Å². The highest BCUT2D eigenvalue weighted by atomic mass is 16.1. The molecule has 3 aromatic heterocycles. The fourth-order valence-electron chi connectivity index (χ4n) is 2.90. The van der Waals surface area contributed by atoms with E-state index in [2.05, 4.69) is 43.7 Å². The van der Waals surface area contributed by atoms with E-state index in [1.807, 2.05) is 22.9 Å². The lowest BCUT2D eigenvalue weighted by molar-refractivity contribution is 0.639. The van der Waals surface area contributed by atoms with Crippen LogP contribution in [0.3, 0.4) is 0 Å². The highest BCUT2D eigenvalue weighted by molar-refractivity contribution is 5.95. The third-order valence-electron chi connectivity index (χ3n) is 3.89. The number of pyridine rings is 2. The van der Waals surface area contributed by atoms with Crippen LogP contribution in [-0.4, -0.2) is 14.4 Å². The summed E-state index contributed by atoms with van der Waals surface area (Å²) in [6.07, 6.45) is 4.74. The van der Waals surface area contributed by atoms with Crippen molar-refractivity contribution in [3.05, 3.63) is 52.3 Å². The first-order valence-corrected chi connectivity index (χ1v) is 7.77. The van der Waals surface area contributed by atoms with E-state index < -0.39 is 0 Å². The first kappa shape index (κ1) is 14.7. The molecule has 114 valence electrons. The van der Waals surface area contributed by atoms with Crippen LogP contribution >= 0.6 is 0 Å². The van der Waals surface area contributed by atoms with Gasteiger partial charge >= 0.3 is 0 Å². The zero-order chi connectivity index (χ0) is 15.9. The lowest BCUT2D eigenvalue weighted by Gasteiger charge is -2.14. The molecule has 0 N–H and O–H groups in total. The molecule has 0 amide bonds. The van der Waals surface area contributed by atoms with Gasteiger partial charge in [-0.25, -0.2) is 0 Å². The van der Waals surface area contributed by atoms with E-state index in [1.165, 1.54) is 0 Å². The minimum absolute atomic E-state index is 0.182. The molecule has 0 unspecified atom stereocenters. The summed E-state index contributed by atoms with van der Waals surface area (Å²) < 4.78 is 2.02.